The molecule has 3 rings (SSSR count). The largest absolute Gasteiger partial charge is 0.432 e. The van der Waals surface area contributed by atoms with E-state index in [9.17, 15) is 5.11 Å². The molecule has 3 saturated heterocycles. The van der Waals surface area contributed by atoms with Gasteiger partial charge in [0.1, 0.15) is 36.6 Å². The first-order valence-corrected chi connectivity index (χ1v) is 29.9. The van der Waals surface area contributed by atoms with E-state index < -0.39 is 75.5 Å². The molecule has 4 N–H and O–H groups in total. The summed E-state index contributed by atoms with van der Waals surface area (Å²) in [6.07, 6.45) is -6.06. The average molecular weight is 886 g/mol. The third-order valence-electron chi connectivity index (χ3n) is 11.0. The van der Waals surface area contributed by atoms with Crippen molar-refractivity contribution in [2.45, 2.75) is 204 Å². The van der Waals surface area contributed by atoms with Crippen molar-refractivity contribution in [2.24, 2.45) is 0 Å². The monoisotopic (exact) mass is 884 g/mol. The van der Waals surface area contributed by atoms with Crippen LogP contribution in [-0.4, -0.2) is 129 Å². The van der Waals surface area contributed by atoms with E-state index in [-0.39, 0.29) is 34.9 Å². The van der Waals surface area contributed by atoms with Crippen LogP contribution in [0.5, 0.6) is 0 Å². The summed E-state index contributed by atoms with van der Waals surface area (Å²) in [6, 6.07) is 0. The van der Waals surface area contributed by atoms with E-state index in [2.05, 4.69) is 116 Å². The minimum absolute atomic E-state index is 0.225. The van der Waals surface area contributed by atoms with Gasteiger partial charge in [0, 0.05) is 14.2 Å². The lowest BCUT2D eigenvalue weighted by molar-refractivity contribution is -0.153. The van der Waals surface area contributed by atoms with Crippen molar-refractivity contribution < 1.29 is 56.5 Å². The van der Waals surface area contributed by atoms with Crippen molar-refractivity contribution in [1.82, 2.24) is 0 Å². The molecule has 0 saturated carbocycles. The van der Waals surface area contributed by atoms with Crippen LogP contribution < -0.4 is 0 Å². The Balaban J connectivity index is 0.000000446. The fourth-order valence-electron chi connectivity index (χ4n) is 7.42. The minimum Gasteiger partial charge on any atom is -0.432 e. The highest BCUT2D eigenvalue weighted by Gasteiger charge is 2.61. The SMILES string of the molecule is CC(C)[Si](Cl)(O[Si](Cl)(C(C)C)C(C)C)C(C)C.COC1O[C@H](CO)[C@@H](O)[C@H]1O.CO[C@@H]1O[C@@H]2CO[Si](C(C)C)(C(C)C)O[Si](C(C)C)(C(C)C)O[C@H]2[C@H]1O. The number of fused-ring (bicyclic) bond motifs is 1. The minimum atomic E-state index is -2.71. The molecule has 0 aromatic rings. The molecule has 3 fully saturated rings. The molecule has 0 radical (unpaired) electrons. The first kappa shape index (κ1) is 53.0. The summed E-state index contributed by atoms with van der Waals surface area (Å²) in [4.78, 5) is 0. The maximum absolute atomic E-state index is 10.7. The van der Waals surface area contributed by atoms with E-state index in [4.69, 9.17) is 68.8 Å². The number of hydrogen-bond donors (Lipinski definition) is 4. The second-order valence-electron chi connectivity index (χ2n) is 17.4. The van der Waals surface area contributed by atoms with Gasteiger partial charge in [-0.3, -0.25) is 0 Å². The van der Waals surface area contributed by atoms with Gasteiger partial charge in [0.15, 0.2) is 12.6 Å². The normalized spacial score (nSPS) is 30.2. The van der Waals surface area contributed by atoms with Crippen LogP contribution >= 0.6 is 22.2 Å². The third kappa shape index (κ3) is 11.8. The number of ether oxygens (including phenoxy) is 4. The maximum Gasteiger partial charge on any atom is 0.335 e. The molecule has 18 heteroatoms. The maximum atomic E-state index is 10.7. The lowest BCUT2D eigenvalue weighted by atomic mass is 10.1. The van der Waals surface area contributed by atoms with Gasteiger partial charge in [-0.2, -0.15) is 0 Å². The molecule has 0 amide bonds. The molecular weight excluding hydrogens is 808 g/mol. The molecule has 12 nitrogen and oxygen atoms in total. The summed E-state index contributed by atoms with van der Waals surface area (Å²) >= 11 is 13.7. The number of aliphatic hydroxyl groups excluding tert-OH is 4. The molecule has 3 aliphatic heterocycles. The molecule has 324 valence electrons. The number of aliphatic hydroxyl groups is 4. The predicted molar refractivity (Wildman–Crippen MR) is 225 cm³/mol. The van der Waals surface area contributed by atoms with Crippen LogP contribution in [0.2, 0.25) is 44.3 Å². The van der Waals surface area contributed by atoms with E-state index >= 15 is 0 Å². The van der Waals surface area contributed by atoms with E-state index in [0.717, 1.165) is 0 Å². The molecule has 8 atom stereocenters. The summed E-state index contributed by atoms with van der Waals surface area (Å²) in [5.74, 6) is 0. The Hall–Kier alpha value is 0.968. The van der Waals surface area contributed by atoms with Crippen molar-refractivity contribution in [3.05, 3.63) is 0 Å². The number of rotatable bonds is 13. The Morgan fingerprint density at radius 3 is 1.30 bits per heavy atom. The Bertz CT molecular complexity index is 1020. The summed E-state index contributed by atoms with van der Waals surface area (Å²) in [7, 11) is -6.89. The smallest absolute Gasteiger partial charge is 0.335 e. The molecule has 1 unspecified atom stereocenters. The van der Waals surface area contributed by atoms with E-state index in [1.54, 1.807) is 7.11 Å². The molecule has 0 aliphatic carbocycles. The van der Waals surface area contributed by atoms with Crippen molar-refractivity contribution in [2.75, 3.05) is 27.4 Å². The lowest BCUT2D eigenvalue weighted by Crippen LogP contribution is -2.65. The second kappa shape index (κ2) is 22.0. The van der Waals surface area contributed by atoms with Crippen molar-refractivity contribution in [3.8, 4) is 0 Å². The number of methoxy groups -OCH3 is 2. The van der Waals surface area contributed by atoms with Gasteiger partial charge in [-0.15, -0.1) is 22.2 Å². The lowest BCUT2D eigenvalue weighted by Gasteiger charge is -2.51. The highest BCUT2D eigenvalue weighted by atomic mass is 35.6. The van der Waals surface area contributed by atoms with Crippen LogP contribution in [-0.2, 0) is 36.0 Å². The van der Waals surface area contributed by atoms with Crippen LogP contribution in [0.25, 0.3) is 0 Å². The van der Waals surface area contributed by atoms with Crippen molar-refractivity contribution in [1.29, 1.82) is 0 Å². The van der Waals surface area contributed by atoms with E-state index in [1.165, 1.54) is 7.11 Å². The zero-order valence-electron chi connectivity index (χ0n) is 36.5. The molecule has 0 aromatic heterocycles. The Morgan fingerprint density at radius 2 is 1.00 bits per heavy atom. The molecule has 3 aliphatic rings. The molecule has 3 heterocycles. The highest BCUT2D eigenvalue weighted by molar-refractivity contribution is 7.27. The van der Waals surface area contributed by atoms with Crippen LogP contribution in [0.1, 0.15) is 111 Å². The van der Waals surface area contributed by atoms with Gasteiger partial charge in [0.05, 0.1) is 13.2 Å². The van der Waals surface area contributed by atoms with Crippen LogP contribution in [0.3, 0.4) is 0 Å². The van der Waals surface area contributed by atoms with Gasteiger partial charge >= 0.3 is 17.1 Å². The Kier molecular flexibility index (Phi) is 21.6. The first-order chi connectivity index (χ1) is 24.7. The van der Waals surface area contributed by atoms with Crippen molar-refractivity contribution >= 4 is 54.5 Å². The molecule has 0 aromatic carbocycles. The summed E-state index contributed by atoms with van der Waals surface area (Å²) in [6.45, 7) is 34.7. The van der Waals surface area contributed by atoms with Gasteiger partial charge in [0.2, 0.25) is 0 Å². The van der Waals surface area contributed by atoms with Gasteiger partial charge in [-0.05, 0) is 44.3 Å². The van der Waals surface area contributed by atoms with Gasteiger partial charge in [0.25, 0.3) is 15.3 Å². The van der Waals surface area contributed by atoms with E-state index in [1.807, 2.05) is 0 Å². The van der Waals surface area contributed by atoms with Crippen LogP contribution in [0.4, 0.5) is 0 Å². The Labute approximate surface area is 341 Å². The topological polar surface area (TPSA) is 155 Å². The average Bonchev–Trinajstić information content (AvgIpc) is 3.52. The fourth-order valence-corrected chi connectivity index (χ4v) is 29.6. The second-order valence-corrected chi connectivity index (χ2v) is 38.0. The standard InChI is InChI=1S/C18H38O6Si2.C12H28Cl2OSi2.C6H12O5/c1-11(2)25(12(3)4)21-10-15-17(16(19)18(20-9)22-15)23-26(24-25,13(5)6)14(7)8;1-9(2)16(13,10(3)4)15-17(14,11(5)6)12(7)8;1-10-6-5(9)4(8)3(2-7)11-6/h11-19H,10H2,1-9H3;9-12H,1-8H3;3-9H,2H2,1H3/t15-,16-,17-,18-;;3-,4-,5-,6?/m1.1/s1. The fraction of sp³-hybridized carbons (Fsp3) is 1.00. The molecular formula is C36H78Cl2O12Si4. The quantitative estimate of drug-likeness (QED) is 0.106. The predicted octanol–water partition coefficient (Wildman–Crippen LogP) is 7.75. The van der Waals surface area contributed by atoms with Gasteiger partial charge < -0.3 is 56.5 Å². The first-order valence-electron chi connectivity index (χ1n) is 19.8. The molecule has 0 bridgehead atoms. The highest BCUT2D eigenvalue weighted by Crippen LogP contribution is 2.48. The molecule has 54 heavy (non-hydrogen) atoms. The van der Waals surface area contributed by atoms with Crippen molar-refractivity contribution in [3.63, 3.8) is 0 Å². The van der Waals surface area contributed by atoms with Crippen LogP contribution in [0, 0.1) is 0 Å². The van der Waals surface area contributed by atoms with Crippen LogP contribution in [0.15, 0.2) is 0 Å². The van der Waals surface area contributed by atoms with Gasteiger partial charge in [-0.1, -0.05) is 111 Å². The summed E-state index contributed by atoms with van der Waals surface area (Å²) in [5.41, 5.74) is 2.55. The zero-order chi connectivity index (χ0) is 42.3. The van der Waals surface area contributed by atoms with Gasteiger partial charge in [-0.25, -0.2) is 0 Å². The third-order valence-corrected chi connectivity index (χ3v) is 36.7. The zero-order valence-corrected chi connectivity index (χ0v) is 42.0. The van der Waals surface area contributed by atoms with E-state index in [0.29, 0.717) is 28.8 Å². The molecule has 0 spiro atoms. The summed E-state index contributed by atoms with van der Waals surface area (Å²) < 4.78 is 47.7. The summed E-state index contributed by atoms with van der Waals surface area (Å²) in [5, 5.41) is 37.6. The number of halogens is 2. The Morgan fingerprint density at radius 1 is 0.611 bits per heavy atom. The number of hydrogen-bond acceptors (Lipinski definition) is 12.